The number of thiocarbonyl (C=S) groups is 1. The number of nitrogens with two attached hydrogens (primary N) is 1. The van der Waals surface area contributed by atoms with Crippen molar-refractivity contribution < 1.29 is 4.42 Å². The van der Waals surface area contributed by atoms with Crippen molar-refractivity contribution in [2.24, 2.45) is 5.73 Å². The molecule has 3 heteroatoms. The molecule has 1 rings (SSSR count). The van der Waals surface area contributed by atoms with Crippen molar-refractivity contribution in [3.63, 3.8) is 0 Å². The molecule has 10 heavy (non-hydrogen) atoms. The minimum atomic E-state index is 0.358. The average molecular weight is 153 g/mol. The zero-order chi connectivity index (χ0) is 7.40. The quantitative estimate of drug-likeness (QED) is 0.518. The minimum absolute atomic E-state index is 0.358. The van der Waals surface area contributed by atoms with Gasteiger partial charge in [-0.25, -0.2) is 0 Å². The Morgan fingerprint density at radius 1 is 1.70 bits per heavy atom. The van der Waals surface area contributed by atoms with Crippen LogP contribution in [0.2, 0.25) is 0 Å². The van der Waals surface area contributed by atoms with Crippen molar-refractivity contribution in [3.05, 3.63) is 30.2 Å². The molecule has 2 nitrogen and oxygen atoms in total. The molecule has 1 heterocycles. The lowest BCUT2D eigenvalue weighted by molar-refractivity contribution is 0.557. The molecule has 0 saturated heterocycles. The molecule has 0 amide bonds. The fraction of sp³-hybridized carbons (Fsp3) is 0. The van der Waals surface area contributed by atoms with Gasteiger partial charge < -0.3 is 10.2 Å². The lowest BCUT2D eigenvalue weighted by Gasteiger charge is -1.82. The molecule has 1 aromatic rings. The Hall–Kier alpha value is -1.09. The van der Waals surface area contributed by atoms with Gasteiger partial charge in [0.1, 0.15) is 5.76 Å². The summed E-state index contributed by atoms with van der Waals surface area (Å²) in [4.78, 5) is 0.358. The van der Waals surface area contributed by atoms with E-state index in [2.05, 4.69) is 12.2 Å². The molecule has 0 bridgehead atoms. The number of rotatable bonds is 2. The normalized spacial score (nSPS) is 10.4. The summed E-state index contributed by atoms with van der Waals surface area (Å²) in [6.07, 6.45) is 4.94. The van der Waals surface area contributed by atoms with Gasteiger partial charge in [-0.05, 0) is 24.3 Å². The van der Waals surface area contributed by atoms with Crippen LogP contribution in [0, 0.1) is 0 Å². The van der Waals surface area contributed by atoms with Gasteiger partial charge in [-0.1, -0.05) is 12.2 Å². The Balaban J connectivity index is 2.64. The predicted octanol–water partition coefficient (Wildman–Crippen LogP) is 1.58. The van der Waals surface area contributed by atoms with E-state index in [0.29, 0.717) is 4.99 Å². The van der Waals surface area contributed by atoms with Crippen LogP contribution in [0.1, 0.15) is 5.76 Å². The highest BCUT2D eigenvalue weighted by Crippen LogP contribution is 2.01. The zero-order valence-electron chi connectivity index (χ0n) is 5.28. The van der Waals surface area contributed by atoms with Gasteiger partial charge in [-0.15, -0.1) is 0 Å². The predicted molar refractivity (Wildman–Crippen MR) is 44.5 cm³/mol. The maximum atomic E-state index is 5.21. The largest absolute Gasteiger partial charge is 0.465 e. The van der Waals surface area contributed by atoms with Gasteiger partial charge in [0.15, 0.2) is 0 Å². The maximum absolute atomic E-state index is 5.21. The summed E-state index contributed by atoms with van der Waals surface area (Å²) in [5, 5.41) is 0. The van der Waals surface area contributed by atoms with Crippen LogP contribution in [0.4, 0.5) is 0 Å². The Bertz CT molecular complexity index is 238. The average Bonchev–Trinajstić information content (AvgIpc) is 2.34. The van der Waals surface area contributed by atoms with E-state index in [9.17, 15) is 0 Å². The Morgan fingerprint density at radius 2 is 2.50 bits per heavy atom. The minimum Gasteiger partial charge on any atom is -0.465 e. The van der Waals surface area contributed by atoms with Crippen LogP contribution in [0.15, 0.2) is 28.9 Å². The van der Waals surface area contributed by atoms with E-state index in [1.54, 1.807) is 24.5 Å². The fourth-order valence-electron chi connectivity index (χ4n) is 0.550. The monoisotopic (exact) mass is 153 g/mol. The third kappa shape index (κ3) is 2.03. The number of furan rings is 1. The molecule has 0 atom stereocenters. The molecule has 0 aliphatic rings. The molecule has 0 saturated carbocycles. The van der Waals surface area contributed by atoms with Crippen LogP contribution in [-0.4, -0.2) is 4.99 Å². The lowest BCUT2D eigenvalue weighted by atomic mass is 10.4. The molecule has 1 aromatic heterocycles. The van der Waals surface area contributed by atoms with Crippen molar-refractivity contribution >= 4 is 23.3 Å². The first kappa shape index (κ1) is 7.02. The molecule has 0 aromatic carbocycles. The summed E-state index contributed by atoms with van der Waals surface area (Å²) in [7, 11) is 0. The second kappa shape index (κ2) is 3.17. The molecule has 0 spiro atoms. The van der Waals surface area contributed by atoms with E-state index in [-0.39, 0.29) is 0 Å². The summed E-state index contributed by atoms with van der Waals surface area (Å²) in [6, 6.07) is 3.63. The molecule has 2 N–H and O–H groups in total. The van der Waals surface area contributed by atoms with E-state index in [1.165, 1.54) is 0 Å². The fourth-order valence-corrected chi connectivity index (χ4v) is 0.618. The molecule has 0 unspecified atom stereocenters. The molecule has 0 aliphatic carbocycles. The van der Waals surface area contributed by atoms with E-state index in [0.717, 1.165) is 5.76 Å². The summed E-state index contributed by atoms with van der Waals surface area (Å²) in [5.41, 5.74) is 5.21. The van der Waals surface area contributed by atoms with Crippen molar-refractivity contribution in [1.82, 2.24) is 0 Å². The first-order valence-corrected chi connectivity index (χ1v) is 3.21. The van der Waals surface area contributed by atoms with Crippen LogP contribution in [0.5, 0.6) is 0 Å². The molecule has 52 valence electrons. The Labute approximate surface area is 64.3 Å². The molecule has 0 aliphatic heterocycles. The van der Waals surface area contributed by atoms with E-state index in [4.69, 9.17) is 10.2 Å². The van der Waals surface area contributed by atoms with Crippen LogP contribution < -0.4 is 5.73 Å². The van der Waals surface area contributed by atoms with Gasteiger partial charge in [0.05, 0.1) is 11.3 Å². The molecular formula is C7H7NOS. The van der Waals surface area contributed by atoms with Crippen molar-refractivity contribution in [3.8, 4) is 0 Å². The molecule has 0 fully saturated rings. The van der Waals surface area contributed by atoms with Gasteiger partial charge in [-0.2, -0.15) is 0 Å². The SMILES string of the molecule is NC(=S)/C=C\c1ccco1. The molecule has 0 radical (unpaired) electrons. The van der Waals surface area contributed by atoms with Gasteiger partial charge in [0.2, 0.25) is 0 Å². The first-order chi connectivity index (χ1) is 4.79. The zero-order valence-corrected chi connectivity index (χ0v) is 6.10. The lowest BCUT2D eigenvalue weighted by Crippen LogP contribution is -2.01. The molecular weight excluding hydrogens is 146 g/mol. The second-order valence-corrected chi connectivity index (χ2v) is 2.22. The van der Waals surface area contributed by atoms with Crippen LogP contribution in [-0.2, 0) is 0 Å². The van der Waals surface area contributed by atoms with Crippen molar-refractivity contribution in [1.29, 1.82) is 0 Å². The maximum Gasteiger partial charge on any atom is 0.126 e. The third-order valence-corrected chi connectivity index (χ3v) is 1.09. The number of hydrogen-bond donors (Lipinski definition) is 1. The Morgan fingerprint density at radius 3 is 3.00 bits per heavy atom. The topological polar surface area (TPSA) is 39.2 Å². The van der Waals surface area contributed by atoms with Gasteiger partial charge >= 0.3 is 0 Å². The highest BCUT2D eigenvalue weighted by Gasteiger charge is 1.85. The van der Waals surface area contributed by atoms with E-state index in [1.807, 2.05) is 6.07 Å². The smallest absolute Gasteiger partial charge is 0.126 e. The van der Waals surface area contributed by atoms with Gasteiger partial charge in [-0.3, -0.25) is 0 Å². The van der Waals surface area contributed by atoms with Crippen LogP contribution in [0.25, 0.3) is 6.08 Å². The Kier molecular flexibility index (Phi) is 2.23. The first-order valence-electron chi connectivity index (χ1n) is 2.80. The summed E-state index contributed by atoms with van der Waals surface area (Å²) < 4.78 is 4.98. The van der Waals surface area contributed by atoms with Crippen LogP contribution in [0.3, 0.4) is 0 Å². The van der Waals surface area contributed by atoms with Crippen molar-refractivity contribution in [2.75, 3.05) is 0 Å². The summed E-state index contributed by atoms with van der Waals surface area (Å²) >= 11 is 4.62. The van der Waals surface area contributed by atoms with Crippen molar-refractivity contribution in [2.45, 2.75) is 0 Å². The van der Waals surface area contributed by atoms with Gasteiger partial charge in [0.25, 0.3) is 0 Å². The highest BCUT2D eigenvalue weighted by molar-refractivity contribution is 7.80. The number of hydrogen-bond acceptors (Lipinski definition) is 2. The summed E-state index contributed by atoms with van der Waals surface area (Å²) in [5.74, 6) is 0.757. The van der Waals surface area contributed by atoms with E-state index >= 15 is 0 Å². The highest BCUT2D eigenvalue weighted by atomic mass is 32.1. The van der Waals surface area contributed by atoms with Crippen LogP contribution >= 0.6 is 12.2 Å². The standard InChI is InChI=1S/C7H7NOS/c8-7(10)4-3-6-2-1-5-9-6/h1-5H,(H2,8,10)/b4-3-. The van der Waals surface area contributed by atoms with Gasteiger partial charge in [0, 0.05) is 0 Å². The summed E-state index contributed by atoms with van der Waals surface area (Å²) in [6.45, 7) is 0. The second-order valence-electron chi connectivity index (χ2n) is 1.75. The third-order valence-electron chi connectivity index (χ3n) is 0.955. The van der Waals surface area contributed by atoms with E-state index < -0.39 is 0 Å².